The first kappa shape index (κ1) is 24.0. The van der Waals surface area contributed by atoms with Crippen molar-refractivity contribution in [1.29, 1.82) is 0 Å². The molecule has 1 aromatic heterocycles. The lowest BCUT2D eigenvalue weighted by molar-refractivity contribution is 0.106. The normalized spacial score (nSPS) is 12.5. The van der Waals surface area contributed by atoms with Crippen molar-refractivity contribution >= 4 is 5.88 Å². The minimum atomic E-state index is -0.541. The summed E-state index contributed by atoms with van der Waals surface area (Å²) >= 11 is 0. The highest BCUT2D eigenvalue weighted by molar-refractivity contribution is 5.68. The number of anilines is 1. The molecule has 5 heteroatoms. The fraction of sp³-hybridized carbons (Fsp3) is 0.444. The van der Waals surface area contributed by atoms with Crippen LogP contribution in [-0.2, 0) is 6.54 Å². The van der Waals surface area contributed by atoms with E-state index in [0.29, 0.717) is 19.0 Å². The van der Waals surface area contributed by atoms with Gasteiger partial charge < -0.3 is 14.5 Å². The van der Waals surface area contributed by atoms with Gasteiger partial charge in [0.05, 0.1) is 11.7 Å². The van der Waals surface area contributed by atoms with E-state index in [9.17, 15) is 5.11 Å². The maximum atomic E-state index is 11.0. The molecule has 0 saturated carbocycles. The van der Waals surface area contributed by atoms with Crippen LogP contribution in [0.25, 0.3) is 11.3 Å². The summed E-state index contributed by atoms with van der Waals surface area (Å²) in [6, 6.07) is 20.1. The Hall–Kier alpha value is -2.63. The zero-order valence-corrected chi connectivity index (χ0v) is 19.9. The van der Waals surface area contributed by atoms with E-state index in [1.165, 1.54) is 0 Å². The minimum Gasteiger partial charge on any atom is -0.387 e. The van der Waals surface area contributed by atoms with E-state index in [1.54, 1.807) is 0 Å². The van der Waals surface area contributed by atoms with Gasteiger partial charge in [-0.05, 0) is 38.3 Å². The van der Waals surface area contributed by atoms with Gasteiger partial charge in [-0.1, -0.05) is 79.7 Å². The van der Waals surface area contributed by atoms with Gasteiger partial charge in [0.2, 0.25) is 5.88 Å². The van der Waals surface area contributed by atoms with Crippen LogP contribution in [0.2, 0.25) is 0 Å². The van der Waals surface area contributed by atoms with Gasteiger partial charge in [0.15, 0.2) is 0 Å². The van der Waals surface area contributed by atoms with Crippen LogP contribution in [0.15, 0.2) is 65.2 Å². The van der Waals surface area contributed by atoms with Gasteiger partial charge in [-0.3, -0.25) is 4.90 Å². The highest BCUT2D eigenvalue weighted by Gasteiger charge is 2.24. The Morgan fingerprint density at radius 3 is 2.16 bits per heavy atom. The Labute approximate surface area is 192 Å². The minimum absolute atomic E-state index is 0.541. The molecule has 0 fully saturated rings. The molecule has 32 heavy (non-hydrogen) atoms. The van der Waals surface area contributed by atoms with Gasteiger partial charge in [0.1, 0.15) is 5.69 Å². The van der Waals surface area contributed by atoms with E-state index in [1.807, 2.05) is 48.5 Å². The zero-order chi connectivity index (χ0) is 22.9. The molecule has 1 heterocycles. The van der Waals surface area contributed by atoms with Crippen molar-refractivity contribution in [2.75, 3.05) is 31.1 Å². The first-order valence-electron chi connectivity index (χ1n) is 11.8. The van der Waals surface area contributed by atoms with Crippen LogP contribution in [0.3, 0.4) is 0 Å². The molecule has 0 aliphatic rings. The summed E-state index contributed by atoms with van der Waals surface area (Å²) in [4.78, 5) is 4.55. The Morgan fingerprint density at radius 1 is 0.938 bits per heavy atom. The van der Waals surface area contributed by atoms with Gasteiger partial charge in [-0.15, -0.1) is 0 Å². The zero-order valence-electron chi connectivity index (χ0n) is 19.9. The van der Waals surface area contributed by atoms with Crippen molar-refractivity contribution in [3.8, 4) is 11.3 Å². The van der Waals surface area contributed by atoms with Gasteiger partial charge in [0, 0.05) is 31.7 Å². The number of aromatic nitrogens is 1. The molecule has 0 aliphatic heterocycles. The molecule has 0 aliphatic carbocycles. The highest BCUT2D eigenvalue weighted by atomic mass is 16.5. The van der Waals surface area contributed by atoms with E-state index in [4.69, 9.17) is 4.52 Å². The number of aliphatic hydroxyl groups is 1. The van der Waals surface area contributed by atoms with E-state index in [-0.39, 0.29) is 0 Å². The Morgan fingerprint density at radius 2 is 1.56 bits per heavy atom. The van der Waals surface area contributed by atoms with Gasteiger partial charge in [-0.25, -0.2) is 0 Å². The van der Waals surface area contributed by atoms with Crippen LogP contribution in [0.5, 0.6) is 0 Å². The van der Waals surface area contributed by atoms with Crippen molar-refractivity contribution in [1.82, 2.24) is 10.1 Å². The lowest BCUT2D eigenvalue weighted by Gasteiger charge is -2.27. The monoisotopic (exact) mass is 435 g/mol. The van der Waals surface area contributed by atoms with Crippen LogP contribution < -0.4 is 4.90 Å². The van der Waals surface area contributed by atoms with Crippen molar-refractivity contribution in [2.24, 2.45) is 5.92 Å². The first-order chi connectivity index (χ1) is 15.5. The van der Waals surface area contributed by atoms with E-state index in [2.05, 4.69) is 54.8 Å². The molecule has 5 nitrogen and oxygen atoms in total. The average Bonchev–Trinajstić information content (AvgIpc) is 3.22. The summed E-state index contributed by atoms with van der Waals surface area (Å²) in [6.45, 7) is 12.6. The number of nitrogens with zero attached hydrogens (tertiary/aromatic N) is 3. The molecule has 1 unspecified atom stereocenters. The maximum Gasteiger partial charge on any atom is 0.232 e. The second-order valence-electron chi connectivity index (χ2n) is 8.70. The van der Waals surface area contributed by atoms with Crippen molar-refractivity contribution in [2.45, 2.75) is 46.8 Å². The van der Waals surface area contributed by atoms with Crippen molar-refractivity contribution in [3.05, 3.63) is 71.8 Å². The SMILES string of the molecule is CCN(CC)c1onc(-c2ccccc2)c1CN(CCC(C)C)CC(O)c1ccccc1. The quantitative estimate of drug-likeness (QED) is 0.391. The Bertz CT molecular complexity index is 921. The molecule has 0 spiro atoms. The third-order valence-corrected chi connectivity index (χ3v) is 5.89. The number of hydrogen-bond acceptors (Lipinski definition) is 5. The molecule has 3 rings (SSSR count). The van der Waals surface area contributed by atoms with Gasteiger partial charge in [-0.2, -0.15) is 0 Å². The molecular formula is C27H37N3O2. The molecule has 0 amide bonds. The lowest BCUT2D eigenvalue weighted by Crippen LogP contribution is -2.31. The molecule has 1 N–H and O–H groups in total. The molecule has 3 aromatic rings. The molecule has 2 aromatic carbocycles. The molecular weight excluding hydrogens is 398 g/mol. The third-order valence-electron chi connectivity index (χ3n) is 5.89. The summed E-state index contributed by atoms with van der Waals surface area (Å²) in [7, 11) is 0. The number of hydrogen-bond donors (Lipinski definition) is 1. The smallest absolute Gasteiger partial charge is 0.232 e. The summed E-state index contributed by atoms with van der Waals surface area (Å²) in [5.41, 5.74) is 3.97. The van der Waals surface area contributed by atoms with Crippen LogP contribution in [0.4, 0.5) is 5.88 Å². The van der Waals surface area contributed by atoms with Gasteiger partial charge >= 0.3 is 0 Å². The van der Waals surface area contributed by atoms with Crippen LogP contribution in [0.1, 0.15) is 51.3 Å². The standard InChI is InChI=1S/C27H37N3O2/c1-5-30(6-2)27-24(26(28-32-27)23-15-11-8-12-16-23)19-29(18-17-21(3)4)20-25(31)22-13-9-7-10-14-22/h7-16,21,25,31H,5-6,17-20H2,1-4H3. The number of aliphatic hydroxyl groups excluding tert-OH is 1. The van der Waals surface area contributed by atoms with Crippen molar-refractivity contribution in [3.63, 3.8) is 0 Å². The highest BCUT2D eigenvalue weighted by Crippen LogP contribution is 2.33. The Kier molecular flexibility index (Phi) is 8.89. The summed E-state index contributed by atoms with van der Waals surface area (Å²) in [5, 5.41) is 15.4. The predicted octanol–water partition coefficient (Wildman–Crippen LogP) is 5.77. The van der Waals surface area contributed by atoms with Crippen LogP contribution in [0, 0.1) is 5.92 Å². The number of rotatable bonds is 12. The molecule has 172 valence electrons. The maximum absolute atomic E-state index is 11.0. The summed E-state index contributed by atoms with van der Waals surface area (Å²) in [5.74, 6) is 1.42. The lowest BCUT2D eigenvalue weighted by atomic mass is 10.0. The number of benzene rings is 2. The third kappa shape index (κ3) is 6.21. The summed E-state index contributed by atoms with van der Waals surface area (Å²) in [6.07, 6.45) is 0.522. The van der Waals surface area contributed by atoms with Crippen molar-refractivity contribution < 1.29 is 9.63 Å². The molecule has 0 saturated heterocycles. The molecule has 0 radical (unpaired) electrons. The fourth-order valence-electron chi connectivity index (χ4n) is 3.95. The van der Waals surface area contributed by atoms with Gasteiger partial charge in [0.25, 0.3) is 0 Å². The first-order valence-corrected chi connectivity index (χ1v) is 11.8. The second-order valence-corrected chi connectivity index (χ2v) is 8.70. The molecule has 0 bridgehead atoms. The average molecular weight is 436 g/mol. The summed E-state index contributed by atoms with van der Waals surface area (Å²) < 4.78 is 5.90. The van der Waals surface area contributed by atoms with Crippen LogP contribution >= 0.6 is 0 Å². The topological polar surface area (TPSA) is 52.7 Å². The second kappa shape index (κ2) is 11.8. The van der Waals surface area contributed by atoms with E-state index < -0.39 is 6.10 Å². The molecule has 1 atom stereocenters. The van der Waals surface area contributed by atoms with E-state index in [0.717, 1.165) is 54.3 Å². The Balaban J connectivity index is 1.93. The largest absolute Gasteiger partial charge is 0.387 e. The predicted molar refractivity (Wildman–Crippen MR) is 132 cm³/mol. The van der Waals surface area contributed by atoms with Crippen LogP contribution in [-0.4, -0.2) is 41.3 Å². The van der Waals surface area contributed by atoms with E-state index >= 15 is 0 Å². The fourth-order valence-corrected chi connectivity index (χ4v) is 3.95.